The van der Waals surface area contributed by atoms with Crippen molar-refractivity contribution in [3.8, 4) is 23.0 Å². The maximum Gasteiger partial charge on any atom is 0.339 e. The van der Waals surface area contributed by atoms with Crippen LogP contribution in [-0.4, -0.2) is 47.0 Å². The van der Waals surface area contributed by atoms with Gasteiger partial charge in [-0.15, -0.1) is 0 Å². The van der Waals surface area contributed by atoms with Crippen LogP contribution in [-0.2, 0) is 44.7 Å². The van der Waals surface area contributed by atoms with Crippen LogP contribution in [0, 0.1) is 20.8 Å². The smallest absolute Gasteiger partial charge is 0.339 e. The van der Waals surface area contributed by atoms with Crippen LogP contribution in [0.15, 0.2) is 113 Å². The van der Waals surface area contributed by atoms with Gasteiger partial charge in [0.05, 0.1) is 19.8 Å². The number of hydrogen-bond donors (Lipinski definition) is 0. The molecule has 0 aromatic heterocycles. The van der Waals surface area contributed by atoms with E-state index in [1.165, 1.54) is 24.3 Å². The molecule has 1 amide bonds. The minimum absolute atomic E-state index is 0.0397. The summed E-state index contributed by atoms with van der Waals surface area (Å²) in [7, 11) is -8.99. The van der Waals surface area contributed by atoms with Gasteiger partial charge in [0, 0.05) is 30.2 Å². The van der Waals surface area contributed by atoms with Crippen molar-refractivity contribution in [2.24, 2.45) is 0 Å². The fourth-order valence-corrected chi connectivity index (χ4v) is 8.22. The summed E-state index contributed by atoms with van der Waals surface area (Å²) in [4.78, 5) is 16.1. The monoisotopic (exact) mass is 769 g/mol. The molecule has 2 heterocycles. The molecule has 5 aromatic rings. The van der Waals surface area contributed by atoms with E-state index >= 15 is 0 Å². The summed E-state index contributed by atoms with van der Waals surface area (Å²) in [6.07, 6.45) is 0.635. The summed E-state index contributed by atoms with van der Waals surface area (Å²) in [6, 6.07) is 28.0. The number of carbonyl (C=O) groups excluding carboxylic acids is 1. The molecule has 0 N–H and O–H groups in total. The molecule has 1 fully saturated rings. The molecule has 13 heteroatoms. The molecule has 280 valence electrons. The van der Waals surface area contributed by atoms with Crippen LogP contribution in [0.1, 0.15) is 50.2 Å². The lowest BCUT2D eigenvalue weighted by Gasteiger charge is -2.23. The molecule has 7 rings (SSSR count). The van der Waals surface area contributed by atoms with Crippen molar-refractivity contribution in [1.29, 1.82) is 0 Å². The van der Waals surface area contributed by atoms with Gasteiger partial charge in [-0.25, -0.2) is 0 Å². The van der Waals surface area contributed by atoms with Crippen LogP contribution in [0.25, 0.3) is 0 Å². The maximum absolute atomic E-state index is 14.8. The van der Waals surface area contributed by atoms with Gasteiger partial charge in [-0.2, -0.15) is 16.8 Å². The first kappa shape index (κ1) is 37.0. The van der Waals surface area contributed by atoms with Crippen molar-refractivity contribution >= 4 is 26.1 Å². The van der Waals surface area contributed by atoms with Gasteiger partial charge in [0.2, 0.25) is 0 Å². The van der Waals surface area contributed by atoms with Crippen molar-refractivity contribution < 1.29 is 44.2 Å². The third-order valence-electron chi connectivity index (χ3n) is 9.31. The largest absolute Gasteiger partial charge is 0.488 e. The predicted octanol–water partition coefficient (Wildman–Crippen LogP) is 7.05. The highest BCUT2D eigenvalue weighted by Crippen LogP contribution is 2.44. The minimum atomic E-state index is -4.56. The Morgan fingerprint density at radius 1 is 0.741 bits per heavy atom. The summed E-state index contributed by atoms with van der Waals surface area (Å²) < 4.78 is 84.5. The summed E-state index contributed by atoms with van der Waals surface area (Å²) in [5.74, 6) is -0.791. The lowest BCUT2D eigenvalue weighted by Crippen LogP contribution is -2.27. The quantitative estimate of drug-likeness (QED) is 0.122. The third kappa shape index (κ3) is 7.93. The van der Waals surface area contributed by atoms with E-state index in [9.17, 15) is 21.6 Å². The van der Waals surface area contributed by atoms with Gasteiger partial charge in [-0.3, -0.25) is 4.79 Å². The summed E-state index contributed by atoms with van der Waals surface area (Å²) >= 11 is 0. The number of ether oxygens (including phenoxy) is 3. The molecule has 0 saturated carbocycles. The van der Waals surface area contributed by atoms with Crippen LogP contribution in [0.5, 0.6) is 23.0 Å². The van der Waals surface area contributed by atoms with E-state index in [1.54, 1.807) is 36.1 Å². The van der Waals surface area contributed by atoms with Crippen LogP contribution in [0.4, 0.5) is 0 Å². The highest BCUT2D eigenvalue weighted by atomic mass is 32.2. The Morgan fingerprint density at radius 3 is 1.98 bits per heavy atom. The van der Waals surface area contributed by atoms with Crippen molar-refractivity contribution in [3.63, 3.8) is 0 Å². The molecule has 1 saturated heterocycles. The Labute approximate surface area is 315 Å². The molecule has 0 bridgehead atoms. The molecule has 5 aromatic carbocycles. The fourth-order valence-electron chi connectivity index (χ4n) is 6.31. The zero-order valence-corrected chi connectivity index (χ0v) is 31.6. The van der Waals surface area contributed by atoms with Gasteiger partial charge < -0.3 is 27.5 Å². The SMILES string of the molecule is Cc1ccc(S(=O)(=O)Oc2cc(OS(=O)(=O)c3ccc(C)cc3)c(C(=O)N3Cc4cccc(OC5CCOC5)c4C3)c(OCc3ccccc3)c2C)cc1. The number of hydrogen-bond acceptors (Lipinski definition) is 10. The standard InChI is InChI=1S/C41H39NO10S2/c1-27-12-16-33(17-13-27)53(44,45)51-37-22-38(52-54(46,47)34-18-14-28(2)15-19-34)39(40(29(37)3)49-25-30-8-5-4-6-9-30)41(43)42-23-31-10-7-11-36(35(31)24-42)50-32-20-21-48-26-32/h4-19,22,32H,20-21,23-26H2,1-3H3. The second-order valence-corrected chi connectivity index (χ2v) is 16.4. The van der Waals surface area contributed by atoms with Gasteiger partial charge in [0.15, 0.2) is 11.5 Å². The van der Waals surface area contributed by atoms with Crippen LogP contribution in [0.3, 0.4) is 0 Å². The molecule has 1 atom stereocenters. The van der Waals surface area contributed by atoms with E-state index in [-0.39, 0.29) is 58.2 Å². The predicted molar refractivity (Wildman–Crippen MR) is 200 cm³/mol. The number of amides is 1. The number of carbonyl (C=O) groups is 1. The molecule has 0 radical (unpaired) electrons. The Morgan fingerprint density at radius 2 is 1.37 bits per heavy atom. The van der Waals surface area contributed by atoms with Gasteiger partial charge in [0.25, 0.3) is 5.91 Å². The first-order chi connectivity index (χ1) is 25.9. The van der Waals surface area contributed by atoms with Crippen LogP contribution >= 0.6 is 0 Å². The van der Waals surface area contributed by atoms with E-state index in [4.69, 9.17) is 22.6 Å². The van der Waals surface area contributed by atoms with E-state index < -0.39 is 31.9 Å². The lowest BCUT2D eigenvalue weighted by atomic mass is 10.1. The zero-order valence-electron chi connectivity index (χ0n) is 30.0. The van der Waals surface area contributed by atoms with Crippen molar-refractivity contribution in [1.82, 2.24) is 4.90 Å². The van der Waals surface area contributed by atoms with Gasteiger partial charge in [-0.1, -0.05) is 77.9 Å². The summed E-state index contributed by atoms with van der Waals surface area (Å²) in [6.45, 7) is 6.56. The second-order valence-electron chi connectivity index (χ2n) is 13.3. The van der Waals surface area contributed by atoms with Crippen molar-refractivity contribution in [2.75, 3.05) is 13.2 Å². The van der Waals surface area contributed by atoms with E-state index in [0.29, 0.717) is 19.0 Å². The maximum atomic E-state index is 14.8. The van der Waals surface area contributed by atoms with Crippen LogP contribution in [0.2, 0.25) is 0 Å². The second kappa shape index (κ2) is 15.2. The van der Waals surface area contributed by atoms with Gasteiger partial charge >= 0.3 is 20.2 Å². The average molecular weight is 770 g/mol. The van der Waals surface area contributed by atoms with E-state index in [1.807, 2.05) is 62.4 Å². The molecule has 54 heavy (non-hydrogen) atoms. The average Bonchev–Trinajstić information content (AvgIpc) is 3.84. The molecule has 1 unspecified atom stereocenters. The highest BCUT2D eigenvalue weighted by molar-refractivity contribution is 7.87. The number of rotatable bonds is 12. The zero-order chi connectivity index (χ0) is 38.0. The number of benzene rings is 5. The highest BCUT2D eigenvalue weighted by Gasteiger charge is 2.36. The molecule has 11 nitrogen and oxygen atoms in total. The fraction of sp³-hybridized carbons (Fsp3) is 0.244. The third-order valence-corrected chi connectivity index (χ3v) is 11.8. The Hall–Kier alpha value is -5.37. The van der Waals surface area contributed by atoms with Crippen molar-refractivity contribution in [2.45, 2.75) is 62.8 Å². The molecule has 0 aliphatic carbocycles. The molecular weight excluding hydrogens is 731 g/mol. The molecular formula is C41H39NO10S2. The first-order valence-electron chi connectivity index (χ1n) is 17.4. The Bertz CT molecular complexity index is 2390. The van der Waals surface area contributed by atoms with Crippen molar-refractivity contribution in [3.05, 3.63) is 142 Å². The molecule has 2 aliphatic rings. The van der Waals surface area contributed by atoms with Crippen LogP contribution < -0.4 is 17.8 Å². The lowest BCUT2D eigenvalue weighted by molar-refractivity contribution is 0.0742. The normalized spacial score (nSPS) is 15.5. The Kier molecular flexibility index (Phi) is 10.4. The number of aryl methyl sites for hydroxylation is 2. The minimum Gasteiger partial charge on any atom is -0.488 e. The first-order valence-corrected chi connectivity index (χ1v) is 20.2. The van der Waals surface area contributed by atoms with E-state index in [0.717, 1.165) is 40.3 Å². The summed E-state index contributed by atoms with van der Waals surface area (Å²) in [5.41, 5.74) is 4.03. The summed E-state index contributed by atoms with van der Waals surface area (Å²) in [5, 5.41) is 0. The molecule has 0 spiro atoms. The number of nitrogens with zero attached hydrogens (tertiary/aromatic N) is 1. The topological polar surface area (TPSA) is 135 Å². The number of fused-ring (bicyclic) bond motifs is 1. The van der Waals surface area contributed by atoms with Gasteiger partial charge in [-0.05, 0) is 62.2 Å². The van der Waals surface area contributed by atoms with Gasteiger partial charge in [0.1, 0.15) is 39.6 Å². The Balaban J connectivity index is 1.34. The molecule has 2 aliphatic heterocycles. The van der Waals surface area contributed by atoms with E-state index in [2.05, 4.69) is 0 Å².